The number of rotatable bonds is 6. The maximum atomic E-state index is 6.11. The normalized spacial score (nSPS) is 11.2. The smallest absolute Gasteiger partial charge is 0.221 e. The van der Waals surface area contributed by atoms with Crippen LogP contribution in [0, 0.1) is 0 Å². The van der Waals surface area contributed by atoms with Crippen LogP contribution in [0.4, 0.5) is 0 Å². The van der Waals surface area contributed by atoms with Gasteiger partial charge in [-0.1, -0.05) is 36.7 Å². The zero-order valence-corrected chi connectivity index (χ0v) is 14.7. The van der Waals surface area contributed by atoms with Crippen LogP contribution in [0.15, 0.2) is 60.1 Å². The number of methoxy groups -OCH3 is 1. The van der Waals surface area contributed by atoms with Gasteiger partial charge in [-0.15, -0.1) is 0 Å². The van der Waals surface area contributed by atoms with Gasteiger partial charge in [0.05, 0.1) is 12.9 Å². The van der Waals surface area contributed by atoms with E-state index in [9.17, 15) is 0 Å². The first kappa shape index (κ1) is 17.9. The van der Waals surface area contributed by atoms with Crippen LogP contribution in [0.1, 0.15) is 18.9 Å². The Balaban J connectivity index is 2.41. The summed E-state index contributed by atoms with van der Waals surface area (Å²) in [7, 11) is 1.61. The van der Waals surface area contributed by atoms with Crippen molar-refractivity contribution in [3.63, 3.8) is 0 Å². The van der Waals surface area contributed by atoms with E-state index in [0.29, 0.717) is 23.1 Å². The van der Waals surface area contributed by atoms with Crippen molar-refractivity contribution in [2.75, 3.05) is 7.11 Å². The van der Waals surface area contributed by atoms with Crippen molar-refractivity contribution in [3.8, 4) is 17.0 Å². The van der Waals surface area contributed by atoms with Crippen molar-refractivity contribution in [3.05, 3.63) is 70.7 Å². The summed E-state index contributed by atoms with van der Waals surface area (Å²) in [4.78, 5) is 4.42. The van der Waals surface area contributed by atoms with Crippen molar-refractivity contribution in [1.82, 2.24) is 4.98 Å². The minimum absolute atomic E-state index is 0.297. The summed E-state index contributed by atoms with van der Waals surface area (Å²) < 4.78 is 5.39. The van der Waals surface area contributed by atoms with E-state index >= 15 is 0 Å². The molecular formula is C19H22ClN3O. The molecule has 1 aromatic carbocycles. The highest BCUT2D eigenvalue weighted by Crippen LogP contribution is 2.31. The fourth-order valence-corrected chi connectivity index (χ4v) is 2.70. The highest BCUT2D eigenvalue weighted by Gasteiger charge is 2.10. The molecule has 1 aromatic heterocycles. The van der Waals surface area contributed by atoms with Crippen LogP contribution in [-0.2, 0) is 6.42 Å². The Bertz CT molecular complexity index is 765. The SMILES string of the molecule is CC/C=C(\C=C(N)N)Cc1cnc(OC)c(-c2cccc(Cl)c2)c1. The molecule has 2 rings (SSSR count). The molecule has 0 aliphatic heterocycles. The molecule has 0 saturated heterocycles. The van der Waals surface area contributed by atoms with Crippen LogP contribution in [0.2, 0.25) is 5.02 Å². The van der Waals surface area contributed by atoms with E-state index < -0.39 is 0 Å². The van der Waals surface area contributed by atoms with E-state index in [1.165, 1.54) is 0 Å². The largest absolute Gasteiger partial charge is 0.481 e. The first-order chi connectivity index (χ1) is 11.5. The Labute approximate surface area is 147 Å². The molecule has 2 aromatic rings. The lowest BCUT2D eigenvalue weighted by Gasteiger charge is -2.11. The van der Waals surface area contributed by atoms with E-state index in [4.69, 9.17) is 27.8 Å². The number of nitrogens with zero attached hydrogens (tertiary/aromatic N) is 1. The molecule has 0 aliphatic rings. The average Bonchev–Trinajstić information content (AvgIpc) is 2.54. The molecule has 4 N–H and O–H groups in total. The molecule has 4 nitrogen and oxygen atoms in total. The predicted octanol–water partition coefficient (Wildman–Crippen LogP) is 4.05. The second kappa shape index (κ2) is 8.41. The minimum Gasteiger partial charge on any atom is -0.481 e. The van der Waals surface area contributed by atoms with Crippen LogP contribution in [0.25, 0.3) is 11.1 Å². The van der Waals surface area contributed by atoms with Gasteiger partial charge < -0.3 is 16.2 Å². The fourth-order valence-electron chi connectivity index (χ4n) is 2.51. The van der Waals surface area contributed by atoms with Crippen molar-refractivity contribution >= 4 is 11.6 Å². The highest BCUT2D eigenvalue weighted by molar-refractivity contribution is 6.30. The zero-order chi connectivity index (χ0) is 17.5. The quantitative estimate of drug-likeness (QED) is 0.776. The Morgan fingerprint density at radius 2 is 2.08 bits per heavy atom. The standard InChI is InChI=1S/C19H22ClN3O/c1-3-5-13(10-18(21)22)8-14-9-17(19(24-2)23-12-14)15-6-4-7-16(20)11-15/h4-7,9-12H,3,8,21-22H2,1-2H3/b13-5-. The average molecular weight is 344 g/mol. The third-order valence-corrected chi connectivity index (χ3v) is 3.70. The first-order valence-electron chi connectivity index (χ1n) is 7.74. The van der Waals surface area contributed by atoms with Gasteiger partial charge in [0.1, 0.15) is 0 Å². The molecule has 0 bridgehead atoms. The Morgan fingerprint density at radius 1 is 1.29 bits per heavy atom. The number of ether oxygens (including phenoxy) is 1. The topological polar surface area (TPSA) is 74.2 Å². The van der Waals surface area contributed by atoms with Crippen molar-refractivity contribution in [2.45, 2.75) is 19.8 Å². The predicted molar refractivity (Wildman–Crippen MR) is 99.8 cm³/mol. The Kier molecular flexibility index (Phi) is 6.27. The fraction of sp³-hybridized carbons (Fsp3) is 0.211. The lowest BCUT2D eigenvalue weighted by atomic mass is 10.0. The Hall–Kier alpha value is -2.46. The maximum absolute atomic E-state index is 6.11. The molecule has 1 heterocycles. The maximum Gasteiger partial charge on any atom is 0.221 e. The van der Waals surface area contributed by atoms with Crippen molar-refractivity contribution < 1.29 is 4.74 Å². The molecule has 0 aliphatic carbocycles. The van der Waals surface area contributed by atoms with Crippen LogP contribution in [0.3, 0.4) is 0 Å². The third-order valence-electron chi connectivity index (χ3n) is 3.46. The number of hydrogen-bond donors (Lipinski definition) is 2. The molecule has 24 heavy (non-hydrogen) atoms. The lowest BCUT2D eigenvalue weighted by molar-refractivity contribution is 0.399. The van der Waals surface area contributed by atoms with Gasteiger partial charge in [-0.2, -0.15) is 0 Å². The molecule has 0 atom stereocenters. The number of pyridine rings is 1. The van der Waals surface area contributed by atoms with E-state index in [1.807, 2.05) is 24.3 Å². The summed E-state index contributed by atoms with van der Waals surface area (Å²) in [6.07, 6.45) is 7.28. The third kappa shape index (κ3) is 4.77. The summed E-state index contributed by atoms with van der Waals surface area (Å²) in [5.41, 5.74) is 15.2. The minimum atomic E-state index is 0.297. The van der Waals surface area contributed by atoms with Gasteiger partial charge in [0.25, 0.3) is 0 Å². The van der Waals surface area contributed by atoms with Crippen molar-refractivity contribution in [1.29, 1.82) is 0 Å². The molecule has 0 amide bonds. The summed E-state index contributed by atoms with van der Waals surface area (Å²) in [6.45, 7) is 2.07. The van der Waals surface area contributed by atoms with E-state index in [0.717, 1.165) is 28.7 Å². The van der Waals surface area contributed by atoms with Gasteiger partial charge in [0.15, 0.2) is 0 Å². The summed E-state index contributed by atoms with van der Waals surface area (Å²) in [6, 6.07) is 9.68. The van der Waals surface area contributed by atoms with Crippen LogP contribution in [0.5, 0.6) is 5.88 Å². The number of allylic oxidation sites excluding steroid dienone is 3. The van der Waals surface area contributed by atoms with Crippen LogP contribution in [-0.4, -0.2) is 12.1 Å². The second-order valence-electron chi connectivity index (χ2n) is 5.42. The number of halogens is 1. The highest BCUT2D eigenvalue weighted by atomic mass is 35.5. The molecule has 0 unspecified atom stereocenters. The number of hydrogen-bond acceptors (Lipinski definition) is 4. The van der Waals surface area contributed by atoms with E-state index in [2.05, 4.69) is 24.1 Å². The number of benzene rings is 1. The van der Waals surface area contributed by atoms with E-state index in [-0.39, 0.29) is 0 Å². The van der Waals surface area contributed by atoms with Gasteiger partial charge in [-0.3, -0.25) is 0 Å². The molecule has 0 saturated carbocycles. The molecular weight excluding hydrogens is 322 g/mol. The number of aromatic nitrogens is 1. The second-order valence-corrected chi connectivity index (χ2v) is 5.86. The van der Waals surface area contributed by atoms with Crippen molar-refractivity contribution in [2.24, 2.45) is 11.5 Å². The van der Waals surface area contributed by atoms with Gasteiger partial charge >= 0.3 is 0 Å². The lowest BCUT2D eigenvalue weighted by Crippen LogP contribution is -2.08. The monoisotopic (exact) mass is 343 g/mol. The zero-order valence-electron chi connectivity index (χ0n) is 13.9. The van der Waals surface area contributed by atoms with Crippen LogP contribution >= 0.6 is 11.6 Å². The first-order valence-corrected chi connectivity index (χ1v) is 8.11. The van der Waals surface area contributed by atoms with Gasteiger partial charge in [-0.05, 0) is 53.8 Å². The molecule has 0 spiro atoms. The molecule has 5 heteroatoms. The van der Waals surface area contributed by atoms with Gasteiger partial charge in [0, 0.05) is 16.8 Å². The molecule has 0 fully saturated rings. The number of nitrogens with two attached hydrogens (primary N) is 2. The van der Waals surface area contributed by atoms with Crippen LogP contribution < -0.4 is 16.2 Å². The Morgan fingerprint density at radius 3 is 2.71 bits per heavy atom. The summed E-state index contributed by atoms with van der Waals surface area (Å²) >= 11 is 6.11. The van der Waals surface area contributed by atoms with E-state index in [1.54, 1.807) is 19.4 Å². The summed E-state index contributed by atoms with van der Waals surface area (Å²) in [5, 5.41) is 0.672. The van der Waals surface area contributed by atoms with Gasteiger partial charge in [0.2, 0.25) is 5.88 Å². The summed E-state index contributed by atoms with van der Waals surface area (Å²) in [5.74, 6) is 0.863. The molecule has 0 radical (unpaired) electrons. The van der Waals surface area contributed by atoms with Gasteiger partial charge in [-0.25, -0.2) is 4.98 Å². The molecule has 126 valence electrons.